The van der Waals surface area contributed by atoms with Gasteiger partial charge in [0.15, 0.2) is 11.6 Å². The lowest BCUT2D eigenvalue weighted by molar-refractivity contribution is 0.589. The van der Waals surface area contributed by atoms with E-state index in [1.165, 1.54) is 12.1 Å². The number of benzene rings is 1. The number of halogens is 3. The van der Waals surface area contributed by atoms with Gasteiger partial charge < -0.3 is 10.3 Å². The molecule has 16 heavy (non-hydrogen) atoms. The van der Waals surface area contributed by atoms with E-state index in [0.29, 0.717) is 10.4 Å². The summed E-state index contributed by atoms with van der Waals surface area (Å²) >= 11 is 3.01. The zero-order chi connectivity index (χ0) is 11.7. The lowest BCUT2D eigenvalue weighted by atomic mass is 10.3. The number of hydrogen-bond donors (Lipinski definition) is 2. The molecule has 2 rings (SSSR count). The SMILES string of the molecule is Cc1cnc(Nc2c(F)cc(Br)cc2F)[nH]1. The quantitative estimate of drug-likeness (QED) is 0.888. The van der Waals surface area contributed by atoms with Gasteiger partial charge in [0.1, 0.15) is 5.69 Å². The van der Waals surface area contributed by atoms with E-state index in [1.807, 2.05) is 0 Å². The Hall–Kier alpha value is -1.43. The molecule has 84 valence electrons. The van der Waals surface area contributed by atoms with Gasteiger partial charge in [-0.25, -0.2) is 13.8 Å². The summed E-state index contributed by atoms with van der Waals surface area (Å²) in [5.41, 5.74) is 0.581. The van der Waals surface area contributed by atoms with E-state index in [-0.39, 0.29) is 5.69 Å². The van der Waals surface area contributed by atoms with Crippen LogP contribution in [0.2, 0.25) is 0 Å². The molecule has 2 aromatic rings. The van der Waals surface area contributed by atoms with Crippen molar-refractivity contribution in [3.63, 3.8) is 0 Å². The summed E-state index contributed by atoms with van der Waals surface area (Å²) in [5, 5.41) is 2.55. The Morgan fingerprint density at radius 1 is 1.31 bits per heavy atom. The molecule has 0 saturated carbocycles. The van der Waals surface area contributed by atoms with Crippen molar-refractivity contribution in [1.29, 1.82) is 0 Å². The predicted molar refractivity (Wildman–Crippen MR) is 60.7 cm³/mol. The summed E-state index contributed by atoms with van der Waals surface area (Å²) in [7, 11) is 0. The molecule has 0 saturated heterocycles. The maximum Gasteiger partial charge on any atom is 0.204 e. The van der Waals surface area contributed by atoms with Crippen molar-refractivity contribution >= 4 is 27.6 Å². The fourth-order valence-electron chi connectivity index (χ4n) is 1.26. The van der Waals surface area contributed by atoms with Crippen LogP contribution in [-0.4, -0.2) is 9.97 Å². The van der Waals surface area contributed by atoms with Crippen LogP contribution in [-0.2, 0) is 0 Å². The molecule has 1 heterocycles. The lowest BCUT2D eigenvalue weighted by Gasteiger charge is -2.06. The van der Waals surface area contributed by atoms with Gasteiger partial charge in [-0.2, -0.15) is 0 Å². The van der Waals surface area contributed by atoms with Crippen molar-refractivity contribution in [2.75, 3.05) is 5.32 Å². The molecule has 0 fully saturated rings. The first-order valence-electron chi connectivity index (χ1n) is 4.49. The Bertz CT molecular complexity index is 502. The van der Waals surface area contributed by atoms with E-state index in [1.54, 1.807) is 13.1 Å². The van der Waals surface area contributed by atoms with Crippen LogP contribution < -0.4 is 5.32 Å². The molecule has 1 aromatic heterocycles. The standard InChI is InChI=1S/C10H8BrF2N3/c1-5-4-14-10(15-5)16-9-7(12)2-6(11)3-8(9)13/h2-4H,1H3,(H2,14,15,16). The first-order chi connectivity index (χ1) is 7.56. The first kappa shape index (κ1) is 11.1. The maximum absolute atomic E-state index is 13.4. The monoisotopic (exact) mass is 287 g/mol. The van der Waals surface area contributed by atoms with Crippen LogP contribution in [0.1, 0.15) is 5.69 Å². The molecule has 0 aliphatic heterocycles. The third-order valence-corrected chi connectivity index (χ3v) is 2.41. The molecule has 0 amide bonds. The number of imidazole rings is 1. The molecule has 1 aromatic carbocycles. The lowest BCUT2D eigenvalue weighted by Crippen LogP contribution is -1.99. The molecule has 0 aliphatic carbocycles. The van der Waals surface area contributed by atoms with E-state index in [4.69, 9.17) is 0 Å². The van der Waals surface area contributed by atoms with E-state index in [9.17, 15) is 8.78 Å². The zero-order valence-corrected chi connectivity index (χ0v) is 9.90. The number of anilines is 2. The summed E-state index contributed by atoms with van der Waals surface area (Å²) in [4.78, 5) is 6.73. The largest absolute Gasteiger partial charge is 0.328 e. The van der Waals surface area contributed by atoms with Gasteiger partial charge in [0.2, 0.25) is 5.95 Å². The van der Waals surface area contributed by atoms with Gasteiger partial charge >= 0.3 is 0 Å². The normalized spacial score (nSPS) is 10.5. The Labute approximate surface area is 99.0 Å². The van der Waals surface area contributed by atoms with Crippen molar-refractivity contribution in [2.45, 2.75) is 6.92 Å². The van der Waals surface area contributed by atoms with Crippen molar-refractivity contribution < 1.29 is 8.78 Å². The molecule has 0 spiro atoms. The molecular weight excluding hydrogens is 280 g/mol. The number of aromatic nitrogens is 2. The van der Waals surface area contributed by atoms with Crippen molar-refractivity contribution in [3.05, 3.63) is 40.1 Å². The summed E-state index contributed by atoms with van der Waals surface area (Å²) in [6.45, 7) is 1.80. The third-order valence-electron chi connectivity index (χ3n) is 1.95. The second-order valence-corrected chi connectivity index (χ2v) is 4.20. The van der Waals surface area contributed by atoms with Crippen LogP contribution in [0.15, 0.2) is 22.8 Å². The Kier molecular flexibility index (Phi) is 2.91. The molecule has 0 atom stereocenters. The van der Waals surface area contributed by atoms with E-state index >= 15 is 0 Å². The fourth-order valence-corrected chi connectivity index (χ4v) is 1.66. The first-order valence-corrected chi connectivity index (χ1v) is 5.29. The van der Waals surface area contributed by atoms with Crippen molar-refractivity contribution in [1.82, 2.24) is 9.97 Å². The number of aromatic amines is 1. The number of hydrogen-bond acceptors (Lipinski definition) is 2. The van der Waals surface area contributed by atoms with Crippen LogP contribution >= 0.6 is 15.9 Å². The topological polar surface area (TPSA) is 40.7 Å². The Morgan fingerprint density at radius 2 is 1.94 bits per heavy atom. The van der Waals surface area contributed by atoms with Gasteiger partial charge in [0.05, 0.1) is 0 Å². The smallest absolute Gasteiger partial charge is 0.204 e. The average Bonchev–Trinajstić information content (AvgIpc) is 2.58. The highest BCUT2D eigenvalue weighted by Gasteiger charge is 2.11. The molecule has 2 N–H and O–H groups in total. The van der Waals surface area contributed by atoms with Crippen LogP contribution in [0, 0.1) is 18.6 Å². The highest BCUT2D eigenvalue weighted by molar-refractivity contribution is 9.10. The highest BCUT2D eigenvalue weighted by Crippen LogP contribution is 2.25. The number of H-pyrrole nitrogens is 1. The summed E-state index contributed by atoms with van der Waals surface area (Å²) in [6, 6.07) is 2.36. The average molecular weight is 288 g/mol. The van der Waals surface area contributed by atoms with E-state index < -0.39 is 11.6 Å². The second kappa shape index (κ2) is 4.21. The minimum absolute atomic E-state index is 0.224. The molecule has 0 unspecified atom stereocenters. The molecule has 0 aliphatic rings. The number of nitrogens with one attached hydrogen (secondary N) is 2. The number of rotatable bonds is 2. The Morgan fingerprint density at radius 3 is 2.44 bits per heavy atom. The predicted octanol–water partition coefficient (Wildman–Crippen LogP) is 3.50. The van der Waals surface area contributed by atoms with Crippen molar-refractivity contribution in [2.24, 2.45) is 0 Å². The van der Waals surface area contributed by atoms with Gasteiger partial charge in [-0.15, -0.1) is 0 Å². The second-order valence-electron chi connectivity index (χ2n) is 3.28. The van der Waals surface area contributed by atoms with Crippen molar-refractivity contribution in [3.8, 4) is 0 Å². The summed E-state index contributed by atoms with van der Waals surface area (Å²) in [6.07, 6.45) is 1.57. The summed E-state index contributed by atoms with van der Waals surface area (Å²) in [5.74, 6) is -1.06. The van der Waals surface area contributed by atoms with Gasteiger partial charge in [-0.1, -0.05) is 15.9 Å². The van der Waals surface area contributed by atoms with Crippen LogP contribution in [0.3, 0.4) is 0 Å². The minimum atomic E-state index is -0.680. The summed E-state index contributed by atoms with van der Waals surface area (Å²) < 4.78 is 27.2. The fraction of sp³-hybridized carbons (Fsp3) is 0.100. The molecule has 0 radical (unpaired) electrons. The highest BCUT2D eigenvalue weighted by atomic mass is 79.9. The molecule has 3 nitrogen and oxygen atoms in total. The maximum atomic E-state index is 13.4. The van der Waals surface area contributed by atoms with E-state index in [0.717, 1.165) is 5.69 Å². The van der Waals surface area contributed by atoms with Crippen LogP contribution in [0.25, 0.3) is 0 Å². The van der Waals surface area contributed by atoms with Gasteiger partial charge in [0, 0.05) is 16.4 Å². The molecule has 6 heteroatoms. The van der Waals surface area contributed by atoms with Gasteiger partial charge in [-0.3, -0.25) is 0 Å². The van der Waals surface area contributed by atoms with Gasteiger partial charge in [-0.05, 0) is 19.1 Å². The number of aryl methyl sites for hydroxylation is 1. The zero-order valence-electron chi connectivity index (χ0n) is 8.31. The van der Waals surface area contributed by atoms with Crippen LogP contribution in [0.4, 0.5) is 20.4 Å². The Balaban J connectivity index is 2.34. The molecule has 0 bridgehead atoms. The molecular formula is C10H8BrF2N3. The minimum Gasteiger partial charge on any atom is -0.328 e. The van der Waals surface area contributed by atoms with Crippen LogP contribution in [0.5, 0.6) is 0 Å². The van der Waals surface area contributed by atoms with E-state index in [2.05, 4.69) is 31.2 Å². The number of nitrogens with zero attached hydrogens (tertiary/aromatic N) is 1. The third kappa shape index (κ3) is 2.21. The van der Waals surface area contributed by atoms with Gasteiger partial charge in [0.25, 0.3) is 0 Å².